The van der Waals surface area contributed by atoms with Gasteiger partial charge in [0.25, 0.3) is 0 Å². The normalized spacial score (nSPS) is 10.8. The number of nitriles is 1. The van der Waals surface area contributed by atoms with Crippen LogP contribution in [0.4, 0.5) is 10.3 Å². The molecule has 4 aromatic rings. The number of benzene rings is 2. The number of ketones is 1. The number of carbonyl (C=O) groups excluding carboxylic acids is 1. The number of halogens is 1. The Hall–Kier alpha value is -4.05. The predicted octanol–water partition coefficient (Wildman–Crippen LogP) is 3.65. The van der Waals surface area contributed by atoms with Crippen LogP contribution in [-0.2, 0) is 17.6 Å². The average Bonchev–Trinajstić information content (AvgIpc) is 3.12. The summed E-state index contributed by atoms with van der Waals surface area (Å²) in [5.74, 6) is -0.440. The first-order chi connectivity index (χ1) is 14.5. The van der Waals surface area contributed by atoms with Gasteiger partial charge in [-0.25, -0.2) is 4.39 Å². The molecule has 0 saturated heterocycles. The van der Waals surface area contributed by atoms with E-state index in [2.05, 4.69) is 10.2 Å². The van der Waals surface area contributed by atoms with Gasteiger partial charge in [-0.1, -0.05) is 36.4 Å². The fourth-order valence-electron chi connectivity index (χ4n) is 3.54. The third kappa shape index (κ3) is 3.63. The molecule has 6 nitrogen and oxygen atoms in total. The van der Waals surface area contributed by atoms with Crippen LogP contribution < -0.4 is 5.73 Å². The lowest BCUT2D eigenvalue weighted by Crippen LogP contribution is -2.09. The molecule has 0 spiro atoms. The van der Waals surface area contributed by atoms with E-state index in [0.717, 1.165) is 22.4 Å². The lowest BCUT2D eigenvalue weighted by molar-refractivity contribution is -0.117. The van der Waals surface area contributed by atoms with E-state index in [1.165, 1.54) is 6.07 Å². The summed E-state index contributed by atoms with van der Waals surface area (Å²) in [6.07, 6.45) is 0.120. The highest BCUT2D eigenvalue weighted by molar-refractivity contribution is 5.83. The number of carbonyl (C=O) groups is 1. The quantitative estimate of drug-likeness (QED) is 0.552. The first-order valence-electron chi connectivity index (χ1n) is 9.36. The highest BCUT2D eigenvalue weighted by atomic mass is 19.1. The number of hydrogen-bond donors (Lipinski definition) is 1. The monoisotopic (exact) mass is 399 g/mol. The summed E-state index contributed by atoms with van der Waals surface area (Å²) < 4.78 is 16.1. The zero-order valence-corrected chi connectivity index (χ0v) is 16.3. The molecule has 2 N–H and O–H groups in total. The zero-order valence-electron chi connectivity index (χ0n) is 16.3. The largest absolute Gasteiger partial charge is 0.368 e. The lowest BCUT2D eigenvalue weighted by atomic mass is 9.98. The number of hydrogen-bond acceptors (Lipinski definition) is 5. The zero-order chi connectivity index (χ0) is 21.3. The molecule has 0 atom stereocenters. The Balaban J connectivity index is 1.53. The minimum atomic E-state index is -0.619. The third-order valence-corrected chi connectivity index (χ3v) is 4.90. The van der Waals surface area contributed by atoms with Gasteiger partial charge >= 0.3 is 0 Å². The van der Waals surface area contributed by atoms with Gasteiger partial charge in [0.15, 0.2) is 5.65 Å². The molecule has 2 aromatic carbocycles. The van der Waals surface area contributed by atoms with Gasteiger partial charge in [-0.2, -0.15) is 5.26 Å². The highest BCUT2D eigenvalue weighted by Gasteiger charge is 2.14. The Morgan fingerprint density at radius 1 is 1.13 bits per heavy atom. The van der Waals surface area contributed by atoms with E-state index in [0.29, 0.717) is 11.6 Å². The van der Waals surface area contributed by atoms with E-state index >= 15 is 0 Å². The summed E-state index contributed by atoms with van der Waals surface area (Å²) in [6, 6.07) is 18.1. The number of nitrogen functional groups attached to an aromatic ring is 1. The van der Waals surface area contributed by atoms with Crippen molar-refractivity contribution in [1.82, 2.24) is 14.6 Å². The van der Waals surface area contributed by atoms with E-state index in [-0.39, 0.29) is 29.8 Å². The molecule has 0 aliphatic rings. The maximum absolute atomic E-state index is 14.3. The summed E-state index contributed by atoms with van der Waals surface area (Å²) in [4.78, 5) is 12.5. The molecular formula is C23H18FN5O. The number of nitrogens with two attached hydrogens (primary N) is 1. The Bertz CT molecular complexity index is 1300. The second-order valence-electron chi connectivity index (χ2n) is 7.15. The van der Waals surface area contributed by atoms with Crippen LogP contribution in [0.25, 0.3) is 16.9 Å². The minimum absolute atomic E-state index is 0.0374. The summed E-state index contributed by atoms with van der Waals surface area (Å²) in [6.45, 7) is 1.77. The van der Waals surface area contributed by atoms with Crippen LogP contribution in [0.3, 0.4) is 0 Å². The number of rotatable bonds is 5. The first-order valence-corrected chi connectivity index (χ1v) is 9.36. The molecule has 148 valence electrons. The van der Waals surface area contributed by atoms with Gasteiger partial charge in [-0.15, -0.1) is 10.2 Å². The molecule has 0 bridgehead atoms. The summed E-state index contributed by atoms with van der Waals surface area (Å²) >= 11 is 0. The maximum Gasteiger partial charge on any atom is 0.226 e. The standard InChI is InChI=1S/C23H18FN5O/c1-14-9-17(22(24)18(10-14)13-25)12-19(30)11-15-5-7-16(8-6-15)20-3-2-4-21-27-28-23(26)29(20)21/h2-10H,11-12H2,1H3,(H2,26,28). The Labute approximate surface area is 172 Å². The maximum atomic E-state index is 14.3. The van der Waals surface area contributed by atoms with E-state index in [1.807, 2.05) is 48.5 Å². The van der Waals surface area contributed by atoms with Crippen molar-refractivity contribution in [3.63, 3.8) is 0 Å². The Morgan fingerprint density at radius 2 is 1.90 bits per heavy atom. The molecule has 0 amide bonds. The van der Waals surface area contributed by atoms with Gasteiger partial charge < -0.3 is 5.73 Å². The molecular weight excluding hydrogens is 381 g/mol. The summed E-state index contributed by atoms with van der Waals surface area (Å²) in [5, 5.41) is 17.0. The van der Waals surface area contributed by atoms with E-state index < -0.39 is 5.82 Å². The second-order valence-corrected chi connectivity index (χ2v) is 7.15. The molecule has 0 fully saturated rings. The Kier molecular flexibility index (Phi) is 4.98. The molecule has 0 aliphatic heterocycles. The number of nitrogens with zero attached hydrogens (tertiary/aromatic N) is 4. The summed E-state index contributed by atoms with van der Waals surface area (Å²) in [7, 11) is 0. The van der Waals surface area contributed by atoms with Crippen LogP contribution >= 0.6 is 0 Å². The third-order valence-electron chi connectivity index (χ3n) is 4.90. The number of Topliss-reactive ketones (excluding diaryl/α,β-unsaturated/α-hetero) is 1. The lowest BCUT2D eigenvalue weighted by Gasteiger charge is -2.08. The van der Waals surface area contributed by atoms with Crippen molar-refractivity contribution in [2.45, 2.75) is 19.8 Å². The number of anilines is 1. The van der Waals surface area contributed by atoms with Crippen molar-refractivity contribution in [2.75, 3.05) is 5.73 Å². The molecule has 7 heteroatoms. The molecule has 0 aliphatic carbocycles. The van der Waals surface area contributed by atoms with Crippen molar-refractivity contribution in [2.24, 2.45) is 0 Å². The van der Waals surface area contributed by atoms with Crippen LogP contribution in [0.2, 0.25) is 0 Å². The van der Waals surface area contributed by atoms with Gasteiger partial charge in [0.2, 0.25) is 5.95 Å². The number of pyridine rings is 1. The molecule has 0 unspecified atom stereocenters. The van der Waals surface area contributed by atoms with Crippen LogP contribution in [0.1, 0.15) is 22.3 Å². The molecule has 4 rings (SSSR count). The summed E-state index contributed by atoms with van der Waals surface area (Å²) in [5.41, 5.74) is 10.1. The first kappa shape index (κ1) is 19.3. The van der Waals surface area contributed by atoms with Crippen molar-refractivity contribution in [1.29, 1.82) is 5.26 Å². The predicted molar refractivity (Wildman–Crippen MR) is 111 cm³/mol. The van der Waals surface area contributed by atoms with Gasteiger partial charge in [-0.05, 0) is 47.4 Å². The molecule has 0 saturated carbocycles. The molecule has 2 aromatic heterocycles. The SMILES string of the molecule is Cc1cc(C#N)c(F)c(CC(=O)Cc2ccc(-c3cccc4nnc(N)n34)cc2)c1. The van der Waals surface area contributed by atoms with E-state index in [4.69, 9.17) is 11.0 Å². The van der Waals surface area contributed by atoms with E-state index in [9.17, 15) is 9.18 Å². The van der Waals surface area contributed by atoms with Crippen molar-refractivity contribution >= 4 is 17.4 Å². The van der Waals surface area contributed by atoms with Gasteiger partial charge in [0.1, 0.15) is 17.7 Å². The smallest absolute Gasteiger partial charge is 0.226 e. The van der Waals surface area contributed by atoms with Crippen LogP contribution in [0, 0.1) is 24.1 Å². The molecule has 30 heavy (non-hydrogen) atoms. The number of aryl methyl sites for hydroxylation is 1. The van der Waals surface area contributed by atoms with Gasteiger partial charge in [0, 0.05) is 12.8 Å². The van der Waals surface area contributed by atoms with Crippen molar-refractivity contribution in [3.05, 3.63) is 82.7 Å². The second kappa shape index (κ2) is 7.76. The number of aromatic nitrogens is 3. The van der Waals surface area contributed by atoms with Crippen LogP contribution in [-0.4, -0.2) is 20.4 Å². The topological polar surface area (TPSA) is 97.1 Å². The fraction of sp³-hybridized carbons (Fsp3) is 0.130. The highest BCUT2D eigenvalue weighted by Crippen LogP contribution is 2.23. The Morgan fingerprint density at radius 3 is 2.63 bits per heavy atom. The van der Waals surface area contributed by atoms with Gasteiger partial charge in [0.05, 0.1) is 11.3 Å². The fourth-order valence-corrected chi connectivity index (χ4v) is 3.54. The molecule has 0 radical (unpaired) electrons. The average molecular weight is 399 g/mol. The van der Waals surface area contributed by atoms with E-state index in [1.54, 1.807) is 17.4 Å². The minimum Gasteiger partial charge on any atom is -0.368 e. The van der Waals surface area contributed by atoms with Gasteiger partial charge in [-0.3, -0.25) is 9.20 Å². The van der Waals surface area contributed by atoms with Crippen molar-refractivity contribution < 1.29 is 9.18 Å². The number of fused-ring (bicyclic) bond motifs is 1. The molecule has 2 heterocycles. The van der Waals surface area contributed by atoms with Crippen LogP contribution in [0.15, 0.2) is 54.6 Å². The van der Waals surface area contributed by atoms with Crippen LogP contribution in [0.5, 0.6) is 0 Å². The van der Waals surface area contributed by atoms with Crippen molar-refractivity contribution in [3.8, 4) is 17.3 Å².